The number of aliphatic imine (C=N–C) groups is 1. The monoisotopic (exact) mass is 562 g/mol. The Kier molecular flexibility index (Phi) is 7.82. The number of amides is 1. The average Bonchev–Trinajstić information content (AvgIpc) is 3.01. The molecule has 9 heteroatoms. The second-order valence-corrected chi connectivity index (χ2v) is 8.65. The minimum atomic E-state index is -1.04. The molecule has 1 saturated heterocycles. The molecule has 1 aliphatic rings. The van der Waals surface area contributed by atoms with Gasteiger partial charge in [-0.3, -0.25) is 9.69 Å². The van der Waals surface area contributed by atoms with Gasteiger partial charge in [-0.15, -0.1) is 6.42 Å². The van der Waals surface area contributed by atoms with Gasteiger partial charge in [0.1, 0.15) is 6.61 Å². The largest absolute Gasteiger partial charge is 0.490 e. The normalized spacial score (nSPS) is 15.8. The first-order valence-electron chi connectivity index (χ1n) is 9.46. The van der Waals surface area contributed by atoms with Gasteiger partial charge >= 0.3 is 5.97 Å². The topological polar surface area (TPSA) is 88.4 Å². The number of halogens is 1. The molecule has 0 bridgehead atoms. The Hall–Kier alpha value is -2.97. The Morgan fingerprint density at radius 2 is 2.12 bits per heavy atom. The van der Waals surface area contributed by atoms with E-state index in [1.54, 1.807) is 31.3 Å². The molecule has 1 aliphatic heterocycles. The maximum atomic E-state index is 12.8. The van der Waals surface area contributed by atoms with E-state index >= 15 is 0 Å². The number of carboxylic acids is 1. The Balaban J connectivity index is 1.92. The van der Waals surface area contributed by atoms with Gasteiger partial charge in [0.25, 0.3) is 5.91 Å². The highest BCUT2D eigenvalue weighted by Crippen LogP contribution is 2.37. The number of carboxylic acid groups (broad SMARTS) is 1. The molecule has 0 aromatic heterocycles. The van der Waals surface area contributed by atoms with Crippen molar-refractivity contribution in [2.24, 2.45) is 4.99 Å². The van der Waals surface area contributed by atoms with Crippen molar-refractivity contribution in [3.05, 3.63) is 56.0 Å². The van der Waals surface area contributed by atoms with E-state index in [4.69, 9.17) is 21.0 Å². The number of nitrogens with zero attached hydrogens (tertiary/aromatic N) is 2. The summed E-state index contributed by atoms with van der Waals surface area (Å²) in [4.78, 5) is 30.3. The SMILES string of the molecule is C#CCOc1c(I)cc(C=C2SC(=Nc3cccc(C(=O)O)c3)N(C)C2=O)cc1OCC. The first-order valence-corrected chi connectivity index (χ1v) is 11.4. The molecule has 2 aromatic rings. The minimum Gasteiger partial charge on any atom is -0.490 e. The number of aromatic carboxylic acids is 1. The highest BCUT2D eigenvalue weighted by Gasteiger charge is 2.30. The maximum absolute atomic E-state index is 12.8. The quantitative estimate of drug-likeness (QED) is 0.301. The van der Waals surface area contributed by atoms with Gasteiger partial charge in [0.2, 0.25) is 0 Å². The van der Waals surface area contributed by atoms with Gasteiger partial charge in [-0.05, 0) is 83.2 Å². The zero-order valence-corrected chi connectivity index (χ0v) is 20.3. The van der Waals surface area contributed by atoms with E-state index < -0.39 is 5.97 Å². The summed E-state index contributed by atoms with van der Waals surface area (Å²) in [5.74, 6) is 2.31. The molecule has 0 spiro atoms. The third kappa shape index (κ3) is 5.44. The molecule has 3 rings (SSSR count). The number of hydrogen-bond donors (Lipinski definition) is 1. The molecule has 32 heavy (non-hydrogen) atoms. The zero-order chi connectivity index (χ0) is 23.3. The predicted molar refractivity (Wildman–Crippen MR) is 133 cm³/mol. The van der Waals surface area contributed by atoms with Gasteiger partial charge in [-0.25, -0.2) is 9.79 Å². The van der Waals surface area contributed by atoms with Gasteiger partial charge in [0.05, 0.1) is 26.3 Å². The molecule has 0 radical (unpaired) electrons. The summed E-state index contributed by atoms with van der Waals surface area (Å²) in [7, 11) is 1.63. The Morgan fingerprint density at radius 3 is 2.81 bits per heavy atom. The van der Waals surface area contributed by atoms with Gasteiger partial charge in [0.15, 0.2) is 16.7 Å². The standard InChI is InChI=1S/C23H19IN2O5S/c1-4-9-31-20-17(24)10-14(11-18(20)30-5-2)12-19-21(27)26(3)23(32-19)25-16-8-6-7-15(13-16)22(28)29/h1,6-8,10-13H,5,9H2,2-3H3,(H,28,29). The summed E-state index contributed by atoms with van der Waals surface area (Å²) in [6.45, 7) is 2.44. The van der Waals surface area contributed by atoms with Crippen molar-refractivity contribution in [3.8, 4) is 23.8 Å². The van der Waals surface area contributed by atoms with Crippen LogP contribution >= 0.6 is 34.4 Å². The Bertz CT molecular complexity index is 1170. The number of carbonyl (C=O) groups excluding carboxylic acids is 1. The molecular formula is C23H19IN2O5S. The predicted octanol–water partition coefficient (Wildman–Crippen LogP) is 4.63. The molecule has 0 aliphatic carbocycles. The smallest absolute Gasteiger partial charge is 0.335 e. The van der Waals surface area contributed by atoms with E-state index in [9.17, 15) is 9.59 Å². The number of thioether (sulfide) groups is 1. The van der Waals surface area contributed by atoms with Crippen LogP contribution in [0.1, 0.15) is 22.8 Å². The van der Waals surface area contributed by atoms with Crippen molar-refractivity contribution in [2.45, 2.75) is 6.92 Å². The molecule has 0 atom stereocenters. The van der Waals surface area contributed by atoms with E-state index in [0.29, 0.717) is 33.9 Å². The second-order valence-electron chi connectivity index (χ2n) is 6.48. The highest BCUT2D eigenvalue weighted by atomic mass is 127. The van der Waals surface area contributed by atoms with Crippen LogP contribution in [-0.4, -0.2) is 47.3 Å². The van der Waals surface area contributed by atoms with Crippen molar-refractivity contribution in [2.75, 3.05) is 20.3 Å². The summed E-state index contributed by atoms with van der Waals surface area (Å²) in [6, 6.07) is 9.92. The van der Waals surface area contributed by atoms with Crippen LogP contribution in [0.15, 0.2) is 46.3 Å². The number of benzene rings is 2. The summed E-state index contributed by atoms with van der Waals surface area (Å²) in [5.41, 5.74) is 1.35. The van der Waals surface area contributed by atoms with Crippen molar-refractivity contribution >= 4 is 63.2 Å². The summed E-state index contributed by atoms with van der Waals surface area (Å²) < 4.78 is 12.1. The first kappa shape index (κ1) is 23.7. The van der Waals surface area contributed by atoms with Gasteiger partial charge in [-0.2, -0.15) is 0 Å². The van der Waals surface area contributed by atoms with Crippen LogP contribution in [0, 0.1) is 15.9 Å². The lowest BCUT2D eigenvalue weighted by Gasteiger charge is -2.13. The van der Waals surface area contributed by atoms with Crippen LogP contribution in [0.4, 0.5) is 5.69 Å². The van der Waals surface area contributed by atoms with Crippen LogP contribution in [0.2, 0.25) is 0 Å². The van der Waals surface area contributed by atoms with Gasteiger partial charge in [0, 0.05) is 7.05 Å². The Labute approximate surface area is 203 Å². The van der Waals surface area contributed by atoms with Crippen LogP contribution < -0.4 is 9.47 Å². The summed E-state index contributed by atoms with van der Waals surface area (Å²) in [6.07, 6.45) is 7.06. The van der Waals surface area contributed by atoms with Crippen LogP contribution in [0.5, 0.6) is 11.5 Å². The van der Waals surface area contributed by atoms with E-state index in [-0.39, 0.29) is 18.1 Å². The van der Waals surface area contributed by atoms with Crippen LogP contribution in [0.3, 0.4) is 0 Å². The molecule has 7 nitrogen and oxygen atoms in total. The van der Waals surface area contributed by atoms with E-state index in [2.05, 4.69) is 33.5 Å². The molecule has 1 heterocycles. The number of hydrogen-bond acceptors (Lipinski definition) is 6. The number of terminal acetylenes is 1. The molecule has 1 N–H and O–H groups in total. The summed E-state index contributed by atoms with van der Waals surface area (Å²) >= 11 is 3.35. The first-order chi connectivity index (χ1) is 15.3. The molecule has 0 saturated carbocycles. The summed E-state index contributed by atoms with van der Waals surface area (Å²) in [5, 5.41) is 9.62. The molecule has 2 aromatic carbocycles. The number of carbonyl (C=O) groups is 2. The third-order valence-corrected chi connectivity index (χ3v) is 6.11. The molecule has 1 fully saturated rings. The lowest BCUT2D eigenvalue weighted by molar-refractivity contribution is -0.121. The van der Waals surface area contributed by atoms with E-state index in [1.165, 1.54) is 28.8 Å². The van der Waals surface area contributed by atoms with Crippen molar-refractivity contribution in [1.82, 2.24) is 4.90 Å². The van der Waals surface area contributed by atoms with Crippen molar-refractivity contribution in [3.63, 3.8) is 0 Å². The fraction of sp³-hybridized carbons (Fsp3) is 0.174. The lowest BCUT2D eigenvalue weighted by atomic mass is 10.2. The molecule has 1 amide bonds. The molecular weight excluding hydrogens is 543 g/mol. The fourth-order valence-electron chi connectivity index (χ4n) is 2.81. The zero-order valence-electron chi connectivity index (χ0n) is 17.3. The number of likely N-dealkylation sites (N-methyl/N-ethyl adjacent to an activating group) is 1. The highest BCUT2D eigenvalue weighted by molar-refractivity contribution is 14.1. The minimum absolute atomic E-state index is 0.124. The lowest BCUT2D eigenvalue weighted by Crippen LogP contribution is -2.23. The second kappa shape index (κ2) is 10.6. The third-order valence-electron chi connectivity index (χ3n) is 4.25. The number of amidine groups is 1. The van der Waals surface area contributed by atoms with Gasteiger partial charge < -0.3 is 14.6 Å². The van der Waals surface area contributed by atoms with Gasteiger partial charge in [-0.1, -0.05) is 12.0 Å². The maximum Gasteiger partial charge on any atom is 0.335 e. The number of rotatable bonds is 7. The van der Waals surface area contributed by atoms with Crippen molar-refractivity contribution < 1.29 is 24.2 Å². The fourth-order valence-corrected chi connectivity index (χ4v) is 4.58. The van der Waals surface area contributed by atoms with Crippen molar-refractivity contribution in [1.29, 1.82) is 0 Å². The average molecular weight is 562 g/mol. The van der Waals surface area contributed by atoms with E-state index in [0.717, 1.165) is 9.13 Å². The van der Waals surface area contributed by atoms with Crippen LogP contribution in [0.25, 0.3) is 6.08 Å². The molecule has 0 unspecified atom stereocenters. The van der Waals surface area contributed by atoms with Crippen LogP contribution in [-0.2, 0) is 4.79 Å². The van der Waals surface area contributed by atoms with E-state index in [1.807, 2.05) is 13.0 Å². The molecule has 164 valence electrons. The Morgan fingerprint density at radius 1 is 1.34 bits per heavy atom. The number of ether oxygens (including phenoxy) is 2.